The molecule has 0 bridgehead atoms. The van der Waals surface area contributed by atoms with Gasteiger partial charge in [-0.25, -0.2) is 0 Å². The minimum atomic E-state index is 0.0547. The Kier molecular flexibility index (Phi) is 33.3. The minimum Gasteiger partial charge on any atom is -0.356 e. The van der Waals surface area contributed by atoms with Gasteiger partial charge in [-0.05, 0) is 6.26 Å². The van der Waals surface area contributed by atoms with Crippen LogP contribution < -0.4 is 5.32 Å². The van der Waals surface area contributed by atoms with Crippen LogP contribution in [-0.2, 0) is 4.79 Å². The number of rotatable bonds is 3. The summed E-state index contributed by atoms with van der Waals surface area (Å²) in [7, 11) is 0. The molecule has 0 radical (unpaired) electrons. The van der Waals surface area contributed by atoms with Crippen LogP contribution in [-0.4, -0.2) is 24.5 Å². The second-order valence-electron chi connectivity index (χ2n) is 1.48. The van der Waals surface area contributed by atoms with E-state index in [0.717, 1.165) is 12.3 Å². The first-order valence-electron chi connectivity index (χ1n) is 4.50. The van der Waals surface area contributed by atoms with Crippen LogP contribution in [0.5, 0.6) is 0 Å². The van der Waals surface area contributed by atoms with Gasteiger partial charge in [0, 0.05) is 19.2 Å². The average Bonchev–Trinajstić information content (AvgIpc) is 2.12. The van der Waals surface area contributed by atoms with Crippen molar-refractivity contribution in [2.24, 2.45) is 0 Å². The third kappa shape index (κ3) is 32.9. The largest absolute Gasteiger partial charge is 0.356 e. The number of amides is 1. The van der Waals surface area contributed by atoms with E-state index in [4.69, 9.17) is 0 Å². The molecule has 0 atom stereocenters. The van der Waals surface area contributed by atoms with E-state index in [2.05, 4.69) is 5.32 Å². The Bertz CT molecular complexity index is 76.9. The van der Waals surface area contributed by atoms with Crippen LogP contribution in [0.3, 0.4) is 0 Å². The zero-order valence-electron chi connectivity index (χ0n) is 9.23. The fourth-order valence-corrected chi connectivity index (χ4v) is 0.635. The maximum absolute atomic E-state index is 10.2. The van der Waals surface area contributed by atoms with Crippen molar-refractivity contribution in [3.8, 4) is 0 Å². The summed E-state index contributed by atoms with van der Waals surface area (Å²) < 4.78 is 0. The lowest BCUT2D eigenvalue weighted by Crippen LogP contribution is -2.22. The zero-order chi connectivity index (χ0) is 10.4. The lowest BCUT2D eigenvalue weighted by atomic mass is 10.6. The summed E-state index contributed by atoms with van der Waals surface area (Å²) in [5.41, 5.74) is 0. The molecule has 1 amide bonds. The summed E-state index contributed by atoms with van der Waals surface area (Å²) in [6.07, 6.45) is 2.02. The fraction of sp³-hybridized carbons (Fsp3) is 0.889. The van der Waals surface area contributed by atoms with Gasteiger partial charge in [-0.15, -0.1) is 0 Å². The Balaban J connectivity index is -0.000000175. The minimum absolute atomic E-state index is 0.0547. The third-order valence-electron chi connectivity index (χ3n) is 0.680. The molecule has 0 spiro atoms. The molecule has 12 heavy (non-hydrogen) atoms. The highest BCUT2D eigenvalue weighted by atomic mass is 32.2. The third-order valence-corrected chi connectivity index (χ3v) is 1.29. The number of carbonyl (C=O) groups is 1. The van der Waals surface area contributed by atoms with E-state index in [9.17, 15) is 4.79 Å². The second kappa shape index (κ2) is 22.4. The molecular formula is C9H23NOS. The molecule has 3 heteroatoms. The van der Waals surface area contributed by atoms with Crippen molar-refractivity contribution in [3.05, 3.63) is 0 Å². The van der Waals surface area contributed by atoms with E-state index in [-0.39, 0.29) is 5.91 Å². The lowest BCUT2D eigenvalue weighted by molar-refractivity contribution is -0.118. The highest BCUT2D eigenvalue weighted by molar-refractivity contribution is 7.98. The van der Waals surface area contributed by atoms with E-state index in [1.54, 1.807) is 11.8 Å². The SMILES string of the molecule is CC.CC.CSCCNC(C)=O. The van der Waals surface area contributed by atoms with Crippen molar-refractivity contribution in [3.63, 3.8) is 0 Å². The Labute approximate surface area is 81.5 Å². The summed E-state index contributed by atoms with van der Waals surface area (Å²) in [5, 5.41) is 2.69. The Morgan fingerprint density at radius 3 is 1.92 bits per heavy atom. The van der Waals surface area contributed by atoms with Gasteiger partial charge in [0.15, 0.2) is 0 Å². The first-order chi connectivity index (χ1) is 5.77. The molecule has 0 aromatic carbocycles. The van der Waals surface area contributed by atoms with Crippen LogP contribution in [0.15, 0.2) is 0 Å². The van der Waals surface area contributed by atoms with Gasteiger partial charge in [0.05, 0.1) is 0 Å². The van der Waals surface area contributed by atoms with Gasteiger partial charge >= 0.3 is 0 Å². The normalized spacial score (nSPS) is 6.83. The lowest BCUT2D eigenvalue weighted by Gasteiger charge is -1.96. The van der Waals surface area contributed by atoms with Crippen molar-refractivity contribution in [2.75, 3.05) is 18.6 Å². The molecule has 0 rings (SSSR count). The van der Waals surface area contributed by atoms with Gasteiger partial charge in [0.1, 0.15) is 0 Å². The van der Waals surface area contributed by atoms with Crippen LogP contribution in [0.25, 0.3) is 0 Å². The van der Waals surface area contributed by atoms with E-state index in [0.29, 0.717) is 0 Å². The standard InChI is InChI=1S/C5H11NOS.2C2H6/c1-5(7)6-3-4-8-2;2*1-2/h3-4H2,1-2H3,(H,6,7);2*1-2H3. The van der Waals surface area contributed by atoms with Crippen LogP contribution in [0, 0.1) is 0 Å². The highest BCUT2D eigenvalue weighted by Gasteiger charge is 1.85. The molecule has 0 aliphatic heterocycles. The molecular weight excluding hydrogens is 170 g/mol. The molecule has 0 heterocycles. The summed E-state index contributed by atoms with van der Waals surface area (Å²) in [4.78, 5) is 10.2. The topological polar surface area (TPSA) is 29.1 Å². The van der Waals surface area contributed by atoms with Crippen molar-refractivity contribution in [1.82, 2.24) is 5.32 Å². The number of carbonyl (C=O) groups excluding carboxylic acids is 1. The molecule has 0 saturated heterocycles. The number of thioether (sulfide) groups is 1. The first-order valence-corrected chi connectivity index (χ1v) is 5.90. The van der Waals surface area contributed by atoms with Gasteiger partial charge < -0.3 is 5.32 Å². The Morgan fingerprint density at radius 2 is 1.67 bits per heavy atom. The molecule has 0 aliphatic rings. The maximum atomic E-state index is 10.2. The molecule has 0 aromatic rings. The van der Waals surface area contributed by atoms with Crippen molar-refractivity contribution in [1.29, 1.82) is 0 Å². The van der Waals surface area contributed by atoms with Crippen molar-refractivity contribution in [2.45, 2.75) is 34.6 Å². The number of hydrogen-bond donors (Lipinski definition) is 1. The Hall–Kier alpha value is -0.180. The summed E-state index contributed by atoms with van der Waals surface area (Å²) >= 11 is 1.73. The van der Waals surface area contributed by atoms with Gasteiger partial charge in [-0.3, -0.25) is 4.79 Å². The first kappa shape index (κ1) is 17.8. The van der Waals surface area contributed by atoms with Crippen LogP contribution >= 0.6 is 11.8 Å². The smallest absolute Gasteiger partial charge is 0.216 e. The Morgan fingerprint density at radius 1 is 1.25 bits per heavy atom. The van der Waals surface area contributed by atoms with Gasteiger partial charge in [-0.1, -0.05) is 27.7 Å². The summed E-state index contributed by atoms with van der Waals surface area (Å²) in [5.74, 6) is 1.05. The number of hydrogen-bond acceptors (Lipinski definition) is 2. The summed E-state index contributed by atoms with van der Waals surface area (Å²) in [6.45, 7) is 10.3. The maximum Gasteiger partial charge on any atom is 0.216 e. The molecule has 1 N–H and O–H groups in total. The predicted molar refractivity (Wildman–Crippen MR) is 59.8 cm³/mol. The monoisotopic (exact) mass is 193 g/mol. The highest BCUT2D eigenvalue weighted by Crippen LogP contribution is 1.86. The van der Waals surface area contributed by atoms with Gasteiger partial charge in [0.2, 0.25) is 5.91 Å². The van der Waals surface area contributed by atoms with Gasteiger partial charge in [0.25, 0.3) is 0 Å². The van der Waals surface area contributed by atoms with Crippen molar-refractivity contribution < 1.29 is 4.79 Å². The molecule has 0 fully saturated rings. The van der Waals surface area contributed by atoms with E-state index >= 15 is 0 Å². The van der Waals surface area contributed by atoms with E-state index in [1.165, 1.54) is 6.92 Å². The molecule has 0 aromatic heterocycles. The van der Waals surface area contributed by atoms with E-state index < -0.39 is 0 Å². The average molecular weight is 193 g/mol. The van der Waals surface area contributed by atoms with Crippen molar-refractivity contribution >= 4 is 17.7 Å². The summed E-state index contributed by atoms with van der Waals surface area (Å²) in [6, 6.07) is 0. The second-order valence-corrected chi connectivity index (χ2v) is 2.46. The molecule has 0 aliphatic carbocycles. The van der Waals surface area contributed by atoms with Gasteiger partial charge in [-0.2, -0.15) is 11.8 Å². The zero-order valence-corrected chi connectivity index (χ0v) is 10.0. The van der Waals surface area contributed by atoms with Crippen LogP contribution in [0.4, 0.5) is 0 Å². The molecule has 0 unspecified atom stereocenters. The molecule has 76 valence electrons. The molecule has 2 nitrogen and oxygen atoms in total. The van der Waals surface area contributed by atoms with Crippen LogP contribution in [0.1, 0.15) is 34.6 Å². The quantitative estimate of drug-likeness (QED) is 0.698. The molecule has 0 saturated carbocycles. The van der Waals surface area contributed by atoms with Crippen LogP contribution in [0.2, 0.25) is 0 Å². The number of nitrogens with one attached hydrogen (secondary N) is 1. The fourth-order valence-electron chi connectivity index (χ4n) is 0.329. The predicted octanol–water partition coefficient (Wildman–Crippen LogP) is 2.54. The van der Waals surface area contributed by atoms with E-state index in [1.807, 2.05) is 34.0 Å².